The molecule has 0 saturated heterocycles. The van der Waals surface area contributed by atoms with E-state index in [9.17, 15) is 10.1 Å². The third-order valence-corrected chi connectivity index (χ3v) is 5.09. The van der Waals surface area contributed by atoms with Crippen molar-refractivity contribution in [1.29, 1.82) is 5.26 Å². The first-order chi connectivity index (χ1) is 16.3. The Labute approximate surface area is 200 Å². The molecule has 2 rings (SSSR count). The summed E-state index contributed by atoms with van der Waals surface area (Å²) in [5.74, 6) is 0.385. The van der Waals surface area contributed by atoms with E-state index in [1.165, 1.54) is 0 Å². The Morgan fingerprint density at radius 2 is 2.03 bits per heavy atom. The van der Waals surface area contributed by atoms with Gasteiger partial charge in [-0.25, -0.2) is 15.0 Å². The number of allylic oxidation sites excluding steroid dienone is 1. The highest BCUT2D eigenvalue weighted by atomic mass is 16.5. The molecular formula is C26H28N4O4. The molecule has 0 fully saturated rings. The quantitative estimate of drug-likeness (QED) is 0.164. The van der Waals surface area contributed by atoms with Crippen LogP contribution in [0.3, 0.4) is 0 Å². The van der Waals surface area contributed by atoms with Crippen molar-refractivity contribution < 1.29 is 19.0 Å². The summed E-state index contributed by atoms with van der Waals surface area (Å²) in [6.45, 7) is 20.9. The van der Waals surface area contributed by atoms with Crippen LogP contribution in [-0.4, -0.2) is 24.8 Å². The van der Waals surface area contributed by atoms with Crippen LogP contribution in [0.25, 0.3) is 15.8 Å². The maximum absolute atomic E-state index is 11.4. The topological polar surface area (TPSA) is 103 Å². The highest BCUT2D eigenvalue weighted by Gasteiger charge is 2.38. The zero-order chi connectivity index (χ0) is 25.1. The first-order valence-electron chi connectivity index (χ1n) is 11.0. The van der Waals surface area contributed by atoms with Gasteiger partial charge in [-0.2, -0.15) is 0 Å². The Hall–Kier alpha value is -4.22. The number of rotatable bonds is 10. The third-order valence-electron chi connectivity index (χ3n) is 5.09. The molecule has 8 nitrogen and oxygen atoms in total. The summed E-state index contributed by atoms with van der Waals surface area (Å²) in [5.41, 5.74) is 6.99. The summed E-state index contributed by atoms with van der Waals surface area (Å²) in [6.07, 6.45) is 6.33. The van der Waals surface area contributed by atoms with Crippen molar-refractivity contribution in [2.24, 2.45) is 0 Å². The fourth-order valence-electron chi connectivity index (χ4n) is 3.37. The third kappa shape index (κ3) is 6.64. The zero-order valence-corrected chi connectivity index (χ0v) is 19.7. The number of hydrogen-bond acceptors (Lipinski definition) is 6. The smallest absolute Gasteiger partial charge is 0.305 e. The first-order valence-corrected chi connectivity index (χ1v) is 11.0. The molecule has 1 aromatic carbocycles. The molecule has 0 saturated carbocycles. The van der Waals surface area contributed by atoms with Gasteiger partial charge in [0.2, 0.25) is 5.70 Å². The molecule has 1 aromatic rings. The van der Waals surface area contributed by atoms with E-state index in [0.717, 1.165) is 24.8 Å². The van der Waals surface area contributed by atoms with E-state index in [4.69, 9.17) is 33.1 Å². The summed E-state index contributed by atoms with van der Waals surface area (Å²) < 4.78 is 16.5. The minimum Gasteiger partial charge on any atom is -0.505 e. The number of nitrogen functional groups attached to an aromatic ring is 1. The van der Waals surface area contributed by atoms with E-state index in [0.29, 0.717) is 36.6 Å². The van der Waals surface area contributed by atoms with Gasteiger partial charge in [-0.3, -0.25) is 4.79 Å². The lowest BCUT2D eigenvalue weighted by molar-refractivity contribution is -0.143. The van der Waals surface area contributed by atoms with Crippen molar-refractivity contribution in [2.45, 2.75) is 52.1 Å². The number of hydrogen-bond donors (Lipinski definition) is 1. The molecule has 0 amide bonds. The van der Waals surface area contributed by atoms with Crippen molar-refractivity contribution in [2.75, 3.05) is 18.9 Å². The van der Waals surface area contributed by atoms with Gasteiger partial charge >= 0.3 is 5.97 Å². The lowest BCUT2D eigenvalue weighted by atomic mass is 9.96. The Kier molecular flexibility index (Phi) is 9.29. The average Bonchev–Trinajstić information content (AvgIpc) is 3.06. The largest absolute Gasteiger partial charge is 0.505 e. The molecule has 0 bridgehead atoms. The predicted molar refractivity (Wildman–Crippen MR) is 129 cm³/mol. The van der Waals surface area contributed by atoms with Crippen LogP contribution in [0, 0.1) is 24.5 Å². The van der Waals surface area contributed by atoms with E-state index in [-0.39, 0.29) is 23.1 Å². The number of carbonyl (C=O) groups excluding carboxylic acids is 1. The molecule has 0 aromatic heterocycles. The number of ether oxygens (including phenoxy) is 3. The van der Waals surface area contributed by atoms with Gasteiger partial charge in [-0.05, 0) is 57.7 Å². The van der Waals surface area contributed by atoms with Crippen LogP contribution in [0.1, 0.15) is 52.0 Å². The van der Waals surface area contributed by atoms with Crippen molar-refractivity contribution in [3.8, 4) is 11.8 Å². The molecule has 1 aliphatic heterocycles. The highest BCUT2D eigenvalue weighted by molar-refractivity contribution is 5.69. The number of benzene rings is 1. The maximum Gasteiger partial charge on any atom is 0.305 e. The SMILES string of the molecule is [C-]#[N+]C1=C(/C=C/c2ccc(N)c(OCCCCCC(=O)OCC)c2)C(C)(C)O/C1=C(\C#N)[N+]#[C-]. The molecule has 0 aliphatic carbocycles. The highest BCUT2D eigenvalue weighted by Crippen LogP contribution is 2.41. The molecule has 0 unspecified atom stereocenters. The second-order valence-electron chi connectivity index (χ2n) is 7.98. The summed E-state index contributed by atoms with van der Waals surface area (Å²) in [5, 5.41) is 9.19. The van der Waals surface area contributed by atoms with Crippen LogP contribution in [-0.2, 0) is 14.3 Å². The lowest BCUT2D eigenvalue weighted by Crippen LogP contribution is -2.20. The Morgan fingerprint density at radius 1 is 1.26 bits per heavy atom. The molecule has 0 spiro atoms. The lowest BCUT2D eigenvalue weighted by Gasteiger charge is -2.22. The van der Waals surface area contributed by atoms with Crippen LogP contribution in [0.5, 0.6) is 5.75 Å². The van der Waals surface area contributed by atoms with Crippen molar-refractivity contribution in [3.05, 3.63) is 75.4 Å². The number of anilines is 1. The molecule has 1 heterocycles. The van der Waals surface area contributed by atoms with E-state index < -0.39 is 5.60 Å². The fourth-order valence-corrected chi connectivity index (χ4v) is 3.37. The van der Waals surface area contributed by atoms with E-state index in [1.807, 2.05) is 18.2 Å². The predicted octanol–water partition coefficient (Wildman–Crippen LogP) is 5.42. The van der Waals surface area contributed by atoms with Gasteiger partial charge in [-0.1, -0.05) is 18.2 Å². The molecule has 2 N–H and O–H groups in total. The minimum atomic E-state index is -0.866. The van der Waals surface area contributed by atoms with Crippen LogP contribution >= 0.6 is 0 Å². The van der Waals surface area contributed by atoms with E-state index >= 15 is 0 Å². The number of unbranched alkanes of at least 4 members (excludes halogenated alkanes) is 2. The van der Waals surface area contributed by atoms with Gasteiger partial charge in [0, 0.05) is 12.0 Å². The zero-order valence-electron chi connectivity index (χ0n) is 19.7. The molecule has 1 aliphatic rings. The Morgan fingerprint density at radius 3 is 2.68 bits per heavy atom. The number of nitriles is 1. The van der Waals surface area contributed by atoms with Crippen molar-refractivity contribution >= 4 is 17.7 Å². The standard InChI is InChI=1S/C26H28N4O4/c1-6-32-23(31)10-8-7-9-15-33-22-16-18(12-14-20(22)28)11-13-19-24(30-5)25(21(17-27)29-4)34-26(19,2)3/h11-14,16H,6-10,15,28H2,1-3H3/b13-11+,25-21+. The summed E-state index contributed by atoms with van der Waals surface area (Å²) in [6, 6.07) is 7.17. The van der Waals surface area contributed by atoms with Gasteiger partial charge in [0.15, 0.2) is 0 Å². The second kappa shape index (κ2) is 12.1. The van der Waals surface area contributed by atoms with Gasteiger partial charge in [0.25, 0.3) is 5.70 Å². The monoisotopic (exact) mass is 460 g/mol. The van der Waals surface area contributed by atoms with Crippen LogP contribution in [0.2, 0.25) is 0 Å². The Bertz CT molecular complexity index is 1120. The van der Waals surface area contributed by atoms with Crippen molar-refractivity contribution in [3.63, 3.8) is 0 Å². The Balaban J connectivity index is 2.10. The van der Waals surface area contributed by atoms with Gasteiger partial charge in [0.05, 0.1) is 38.1 Å². The number of esters is 1. The fraction of sp³-hybridized carbons (Fsp3) is 0.385. The van der Waals surface area contributed by atoms with Crippen LogP contribution in [0.15, 0.2) is 47.0 Å². The van der Waals surface area contributed by atoms with E-state index in [1.54, 1.807) is 39.0 Å². The van der Waals surface area contributed by atoms with Gasteiger partial charge in [0.1, 0.15) is 17.1 Å². The second-order valence-corrected chi connectivity index (χ2v) is 7.98. The number of nitrogens with zero attached hydrogens (tertiary/aromatic N) is 3. The van der Waals surface area contributed by atoms with E-state index in [2.05, 4.69) is 9.69 Å². The summed E-state index contributed by atoms with van der Waals surface area (Å²) >= 11 is 0. The number of carbonyl (C=O) groups is 1. The minimum absolute atomic E-state index is 0.0152. The van der Waals surface area contributed by atoms with Crippen LogP contribution < -0.4 is 10.5 Å². The molecule has 0 radical (unpaired) electrons. The van der Waals surface area contributed by atoms with Gasteiger partial charge in [-0.15, -0.1) is 0 Å². The molecule has 0 atom stereocenters. The number of nitrogens with two attached hydrogens (primary N) is 1. The average molecular weight is 461 g/mol. The first kappa shape index (κ1) is 26.0. The van der Waals surface area contributed by atoms with Crippen molar-refractivity contribution in [1.82, 2.24) is 0 Å². The molecular weight excluding hydrogens is 432 g/mol. The summed E-state index contributed by atoms with van der Waals surface area (Å²) in [7, 11) is 0. The van der Waals surface area contributed by atoms with Crippen LogP contribution in [0.4, 0.5) is 5.69 Å². The molecule has 8 heteroatoms. The normalized spacial score (nSPS) is 15.8. The molecule has 176 valence electrons. The van der Waals surface area contributed by atoms with Gasteiger partial charge < -0.3 is 19.9 Å². The summed E-state index contributed by atoms with van der Waals surface area (Å²) in [4.78, 5) is 18.1. The molecule has 34 heavy (non-hydrogen) atoms. The maximum atomic E-state index is 11.4.